The largest absolute Gasteiger partial charge is 0.466 e. The number of ether oxygens (including phenoxy) is 1. The van der Waals surface area contributed by atoms with Crippen LogP contribution >= 0.6 is 0 Å². The zero-order chi connectivity index (χ0) is 22.0. The lowest BCUT2D eigenvalue weighted by Gasteiger charge is -2.09. The van der Waals surface area contributed by atoms with Crippen molar-refractivity contribution in [3.63, 3.8) is 0 Å². The van der Waals surface area contributed by atoms with Gasteiger partial charge < -0.3 is 18.1 Å². The van der Waals surface area contributed by atoms with Gasteiger partial charge in [0.1, 0.15) is 11.5 Å². The number of aromatic nitrogens is 3. The molecule has 1 aromatic carbocycles. The second-order valence-corrected chi connectivity index (χ2v) is 7.27. The quantitative estimate of drug-likeness (QED) is 0.320. The summed E-state index contributed by atoms with van der Waals surface area (Å²) < 4.78 is 18.4. The molecule has 0 fully saturated rings. The molecule has 0 aliphatic carbocycles. The van der Waals surface area contributed by atoms with Crippen LogP contribution < -0.4 is 0 Å². The molecule has 4 rings (SSSR count). The molecule has 0 saturated carbocycles. The summed E-state index contributed by atoms with van der Waals surface area (Å²) in [6.45, 7) is 7.62. The van der Waals surface area contributed by atoms with Gasteiger partial charge in [-0.2, -0.15) is 0 Å². The molecule has 3 aromatic heterocycles. The molecule has 0 atom stereocenters. The Morgan fingerprint density at radius 1 is 1.06 bits per heavy atom. The Labute approximate surface area is 180 Å². The van der Waals surface area contributed by atoms with Gasteiger partial charge in [0.2, 0.25) is 0 Å². The summed E-state index contributed by atoms with van der Waals surface area (Å²) in [5.74, 6) is 1.53. The Morgan fingerprint density at radius 3 is 2.55 bits per heavy atom. The van der Waals surface area contributed by atoms with Crippen LogP contribution in [0.5, 0.6) is 0 Å². The highest BCUT2D eigenvalue weighted by atomic mass is 16.5. The van der Waals surface area contributed by atoms with Crippen LogP contribution in [-0.2, 0) is 16.1 Å². The van der Waals surface area contributed by atoms with Crippen LogP contribution in [0.4, 0.5) is 0 Å². The summed E-state index contributed by atoms with van der Waals surface area (Å²) in [7, 11) is 0. The molecule has 0 bridgehead atoms. The van der Waals surface area contributed by atoms with Gasteiger partial charge in [0, 0.05) is 23.2 Å². The van der Waals surface area contributed by atoms with Crippen LogP contribution in [0, 0.1) is 27.7 Å². The smallest absolute Gasteiger partial charge is 0.331 e. The van der Waals surface area contributed by atoms with Crippen LogP contribution in [0.1, 0.15) is 34.4 Å². The third-order valence-corrected chi connectivity index (χ3v) is 4.96. The van der Waals surface area contributed by atoms with Crippen molar-refractivity contribution in [3.05, 3.63) is 82.9 Å². The molecule has 0 aliphatic rings. The summed E-state index contributed by atoms with van der Waals surface area (Å²) in [6.07, 6.45) is 3.15. The van der Waals surface area contributed by atoms with E-state index in [-0.39, 0.29) is 12.5 Å². The highest BCUT2D eigenvalue weighted by molar-refractivity contribution is 5.87. The third kappa shape index (κ3) is 4.35. The SMILES string of the molecule is Cc1cc(-c2nnc(COC(=O)/C=C/c3cc(C)n(-c4ccccc4)c3C)o2)c(C)o1. The van der Waals surface area contributed by atoms with E-state index in [1.165, 1.54) is 6.08 Å². The van der Waals surface area contributed by atoms with Crippen molar-refractivity contribution in [1.29, 1.82) is 0 Å². The van der Waals surface area contributed by atoms with E-state index in [4.69, 9.17) is 13.6 Å². The van der Waals surface area contributed by atoms with Crippen LogP contribution in [0.2, 0.25) is 0 Å². The standard InChI is InChI=1S/C24H23N3O4/c1-15-12-19(17(3)27(15)20-8-6-5-7-9-20)10-11-23(28)29-14-22-25-26-24(31-22)21-13-16(2)30-18(21)4/h5-13H,14H2,1-4H3/b11-10+. The molecule has 0 radical (unpaired) electrons. The summed E-state index contributed by atoms with van der Waals surface area (Å²) in [6, 6.07) is 13.9. The van der Waals surface area contributed by atoms with E-state index < -0.39 is 5.97 Å². The number of hydrogen-bond acceptors (Lipinski definition) is 6. The first kappa shape index (κ1) is 20.4. The Kier molecular flexibility index (Phi) is 5.58. The van der Waals surface area contributed by atoms with E-state index in [0.717, 1.165) is 34.0 Å². The summed E-state index contributed by atoms with van der Waals surface area (Å²) in [5.41, 5.74) is 4.88. The maximum absolute atomic E-state index is 12.2. The molecular formula is C24H23N3O4. The van der Waals surface area contributed by atoms with Gasteiger partial charge in [-0.05, 0) is 63.6 Å². The van der Waals surface area contributed by atoms with Crippen molar-refractivity contribution in [1.82, 2.24) is 14.8 Å². The molecular weight excluding hydrogens is 394 g/mol. The number of aryl methyl sites for hydroxylation is 3. The van der Waals surface area contributed by atoms with E-state index in [0.29, 0.717) is 11.7 Å². The second kappa shape index (κ2) is 8.47. The average molecular weight is 417 g/mol. The third-order valence-electron chi connectivity index (χ3n) is 4.96. The van der Waals surface area contributed by atoms with Crippen molar-refractivity contribution >= 4 is 12.0 Å². The van der Waals surface area contributed by atoms with Gasteiger partial charge in [-0.1, -0.05) is 18.2 Å². The number of benzene rings is 1. The van der Waals surface area contributed by atoms with Crippen LogP contribution in [-0.4, -0.2) is 20.7 Å². The first-order chi connectivity index (χ1) is 14.9. The van der Waals surface area contributed by atoms with Gasteiger partial charge in [-0.25, -0.2) is 4.79 Å². The fourth-order valence-electron chi connectivity index (χ4n) is 3.53. The van der Waals surface area contributed by atoms with E-state index in [1.54, 1.807) is 6.08 Å². The molecule has 0 amide bonds. The van der Waals surface area contributed by atoms with Gasteiger partial charge in [0.15, 0.2) is 6.61 Å². The molecule has 7 heteroatoms. The number of carbonyl (C=O) groups excluding carboxylic acids is 1. The summed E-state index contributed by atoms with van der Waals surface area (Å²) in [4.78, 5) is 12.2. The van der Waals surface area contributed by atoms with Gasteiger partial charge in [0.25, 0.3) is 11.8 Å². The van der Waals surface area contributed by atoms with E-state index >= 15 is 0 Å². The predicted octanol–water partition coefficient (Wildman–Crippen LogP) is 5.11. The normalized spacial score (nSPS) is 11.4. The number of nitrogens with zero attached hydrogens (tertiary/aromatic N) is 3. The van der Waals surface area contributed by atoms with Gasteiger partial charge in [-0.3, -0.25) is 0 Å². The molecule has 0 spiro atoms. The zero-order valence-corrected chi connectivity index (χ0v) is 17.9. The first-order valence-electron chi connectivity index (χ1n) is 9.91. The molecule has 3 heterocycles. The Bertz CT molecular complexity index is 1250. The van der Waals surface area contributed by atoms with Crippen molar-refractivity contribution in [2.75, 3.05) is 0 Å². The van der Waals surface area contributed by atoms with Crippen LogP contribution in [0.15, 0.2) is 57.4 Å². The van der Waals surface area contributed by atoms with E-state index in [2.05, 4.69) is 14.8 Å². The Hall–Kier alpha value is -3.87. The minimum absolute atomic E-state index is 0.102. The van der Waals surface area contributed by atoms with E-state index in [9.17, 15) is 4.79 Å². The number of rotatable bonds is 6. The van der Waals surface area contributed by atoms with Crippen molar-refractivity contribution in [2.45, 2.75) is 34.3 Å². The molecule has 0 unspecified atom stereocenters. The lowest BCUT2D eigenvalue weighted by Crippen LogP contribution is -2.01. The predicted molar refractivity (Wildman–Crippen MR) is 116 cm³/mol. The monoisotopic (exact) mass is 417 g/mol. The molecule has 0 N–H and O–H groups in total. The van der Waals surface area contributed by atoms with Crippen molar-refractivity contribution < 1.29 is 18.4 Å². The minimum Gasteiger partial charge on any atom is -0.466 e. The zero-order valence-electron chi connectivity index (χ0n) is 17.9. The second-order valence-electron chi connectivity index (χ2n) is 7.27. The van der Waals surface area contributed by atoms with Crippen molar-refractivity contribution in [2.24, 2.45) is 0 Å². The van der Waals surface area contributed by atoms with Crippen molar-refractivity contribution in [3.8, 4) is 17.1 Å². The first-order valence-corrected chi connectivity index (χ1v) is 9.91. The highest BCUT2D eigenvalue weighted by Crippen LogP contribution is 2.25. The summed E-state index contributed by atoms with van der Waals surface area (Å²) in [5, 5.41) is 7.93. The van der Waals surface area contributed by atoms with Gasteiger partial charge >= 0.3 is 5.97 Å². The molecule has 0 aliphatic heterocycles. The van der Waals surface area contributed by atoms with Gasteiger partial charge in [-0.15, -0.1) is 10.2 Å². The molecule has 0 saturated heterocycles. The lowest BCUT2D eigenvalue weighted by molar-refractivity contribution is -0.139. The maximum atomic E-state index is 12.2. The fourth-order valence-corrected chi connectivity index (χ4v) is 3.53. The number of carbonyl (C=O) groups is 1. The topological polar surface area (TPSA) is 83.3 Å². The maximum Gasteiger partial charge on any atom is 0.331 e. The highest BCUT2D eigenvalue weighted by Gasteiger charge is 2.15. The minimum atomic E-state index is -0.486. The summed E-state index contributed by atoms with van der Waals surface area (Å²) >= 11 is 0. The molecule has 158 valence electrons. The Balaban J connectivity index is 1.40. The van der Waals surface area contributed by atoms with Crippen LogP contribution in [0.3, 0.4) is 0 Å². The van der Waals surface area contributed by atoms with E-state index in [1.807, 2.05) is 70.2 Å². The number of hydrogen-bond donors (Lipinski definition) is 0. The molecule has 31 heavy (non-hydrogen) atoms. The number of para-hydroxylation sites is 1. The number of esters is 1. The molecule has 7 nitrogen and oxygen atoms in total. The Morgan fingerprint density at radius 2 is 1.84 bits per heavy atom. The molecule has 4 aromatic rings. The van der Waals surface area contributed by atoms with Crippen LogP contribution in [0.25, 0.3) is 23.2 Å². The fraction of sp³-hybridized carbons (Fsp3) is 0.208. The lowest BCUT2D eigenvalue weighted by atomic mass is 10.2. The average Bonchev–Trinajstić information content (AvgIpc) is 3.42. The van der Waals surface area contributed by atoms with Gasteiger partial charge in [0.05, 0.1) is 5.56 Å². The number of furan rings is 1.